The molecular weight excluding hydrogens is 352 g/mol. The largest absolute Gasteiger partial charge is 0.385 e. The van der Waals surface area contributed by atoms with Crippen LogP contribution < -0.4 is 10.7 Å². The molecule has 0 radical (unpaired) electrons. The fourth-order valence-corrected chi connectivity index (χ4v) is 2.80. The lowest BCUT2D eigenvalue weighted by molar-refractivity contribution is -0.128. The smallest absolute Gasteiger partial charge is 0.269 e. The van der Waals surface area contributed by atoms with Gasteiger partial charge in [0.2, 0.25) is 5.91 Å². The van der Waals surface area contributed by atoms with Gasteiger partial charge in [0.1, 0.15) is 0 Å². The van der Waals surface area contributed by atoms with Crippen LogP contribution in [0.3, 0.4) is 0 Å². The maximum absolute atomic E-state index is 12.3. The summed E-state index contributed by atoms with van der Waals surface area (Å²) in [6.07, 6.45) is 2.39. The van der Waals surface area contributed by atoms with Gasteiger partial charge in [0.05, 0.1) is 0 Å². The van der Waals surface area contributed by atoms with E-state index in [1.165, 1.54) is 5.01 Å². The SMILES string of the molecule is COCCCNC(=S)N(C)NC(=O)c1ccc(CN2CCCC2=O)cc1. The molecule has 0 aromatic heterocycles. The molecule has 26 heavy (non-hydrogen) atoms. The maximum atomic E-state index is 12.3. The zero-order valence-corrected chi connectivity index (χ0v) is 16.1. The molecular formula is C18H26N4O3S. The van der Waals surface area contributed by atoms with Gasteiger partial charge in [-0.05, 0) is 42.8 Å². The van der Waals surface area contributed by atoms with Gasteiger partial charge >= 0.3 is 0 Å². The summed E-state index contributed by atoms with van der Waals surface area (Å²) >= 11 is 5.23. The number of likely N-dealkylation sites (tertiary alicyclic amines) is 1. The van der Waals surface area contributed by atoms with Crippen LogP contribution in [0.5, 0.6) is 0 Å². The van der Waals surface area contributed by atoms with E-state index in [1.54, 1.807) is 26.3 Å². The Morgan fingerprint density at radius 2 is 2.08 bits per heavy atom. The Morgan fingerprint density at radius 1 is 1.35 bits per heavy atom. The van der Waals surface area contributed by atoms with Crippen LogP contribution in [0.25, 0.3) is 0 Å². The lowest BCUT2D eigenvalue weighted by atomic mass is 10.1. The summed E-state index contributed by atoms with van der Waals surface area (Å²) in [6.45, 7) is 2.73. The predicted molar refractivity (Wildman–Crippen MR) is 103 cm³/mol. The molecule has 1 aliphatic rings. The first-order valence-corrected chi connectivity index (χ1v) is 9.10. The normalized spacial score (nSPS) is 13.6. The van der Waals surface area contributed by atoms with Crippen LogP contribution >= 0.6 is 12.2 Å². The first kappa shape index (κ1) is 20.1. The molecule has 8 heteroatoms. The van der Waals surface area contributed by atoms with Crippen molar-refractivity contribution in [1.82, 2.24) is 20.7 Å². The number of rotatable bonds is 7. The molecule has 0 saturated carbocycles. The summed E-state index contributed by atoms with van der Waals surface area (Å²) in [5.74, 6) is -0.0442. The van der Waals surface area contributed by atoms with E-state index in [9.17, 15) is 9.59 Å². The van der Waals surface area contributed by atoms with Crippen molar-refractivity contribution < 1.29 is 14.3 Å². The Balaban J connectivity index is 1.81. The minimum Gasteiger partial charge on any atom is -0.385 e. The second kappa shape index (κ2) is 10.1. The summed E-state index contributed by atoms with van der Waals surface area (Å²) < 4.78 is 4.98. The lowest BCUT2D eigenvalue weighted by Gasteiger charge is -2.22. The van der Waals surface area contributed by atoms with Gasteiger partial charge < -0.3 is 15.0 Å². The number of thiocarbonyl (C=S) groups is 1. The Bertz CT molecular complexity index is 636. The molecule has 0 spiro atoms. The second-order valence-corrected chi connectivity index (χ2v) is 6.58. The van der Waals surface area contributed by atoms with E-state index in [4.69, 9.17) is 17.0 Å². The van der Waals surface area contributed by atoms with Gasteiger partial charge in [-0.15, -0.1) is 0 Å². The molecule has 1 fully saturated rings. The van der Waals surface area contributed by atoms with Gasteiger partial charge in [0, 0.05) is 52.4 Å². The molecule has 1 aromatic carbocycles. The number of nitrogens with zero attached hydrogens (tertiary/aromatic N) is 2. The number of carbonyl (C=O) groups is 2. The third kappa shape index (κ3) is 5.96. The number of hydrazine groups is 1. The Hall–Kier alpha value is -2.19. The summed E-state index contributed by atoms with van der Waals surface area (Å²) in [7, 11) is 3.34. The molecule has 2 rings (SSSR count). The van der Waals surface area contributed by atoms with Crippen LogP contribution in [0.2, 0.25) is 0 Å². The summed E-state index contributed by atoms with van der Waals surface area (Å²) in [6, 6.07) is 7.27. The molecule has 1 heterocycles. The highest BCUT2D eigenvalue weighted by molar-refractivity contribution is 7.80. The number of ether oxygens (including phenoxy) is 1. The number of hydrogen-bond donors (Lipinski definition) is 2. The lowest BCUT2D eigenvalue weighted by Crippen LogP contribution is -2.48. The average molecular weight is 378 g/mol. The molecule has 2 N–H and O–H groups in total. The number of methoxy groups -OCH3 is 1. The monoisotopic (exact) mass is 378 g/mol. The van der Waals surface area contributed by atoms with Crippen molar-refractivity contribution in [2.24, 2.45) is 0 Å². The summed E-state index contributed by atoms with van der Waals surface area (Å²) in [5.41, 5.74) is 4.28. The standard InChI is InChI=1S/C18H26N4O3S/c1-21(18(26)19-10-4-12-25-2)20-17(24)15-8-6-14(7-9-15)13-22-11-3-5-16(22)23/h6-9H,3-5,10-13H2,1-2H3,(H,19,26)(H,20,24). The van der Waals surface area contributed by atoms with Gasteiger partial charge in [-0.3, -0.25) is 20.0 Å². The molecule has 1 aliphatic heterocycles. The molecule has 0 unspecified atom stereocenters. The van der Waals surface area contributed by atoms with E-state index in [1.807, 2.05) is 17.0 Å². The Morgan fingerprint density at radius 3 is 2.69 bits per heavy atom. The zero-order chi connectivity index (χ0) is 18.9. The summed E-state index contributed by atoms with van der Waals surface area (Å²) in [4.78, 5) is 25.8. The van der Waals surface area contributed by atoms with Gasteiger partial charge in [-0.25, -0.2) is 0 Å². The first-order chi connectivity index (χ1) is 12.5. The van der Waals surface area contributed by atoms with Crippen LogP contribution in [-0.4, -0.2) is 60.7 Å². The molecule has 0 aliphatic carbocycles. The fraction of sp³-hybridized carbons (Fsp3) is 0.500. The Kier molecular flexibility index (Phi) is 7.80. The number of hydrogen-bond acceptors (Lipinski definition) is 4. The van der Waals surface area contributed by atoms with E-state index in [0.717, 1.165) is 24.9 Å². The number of benzene rings is 1. The highest BCUT2D eigenvalue weighted by atomic mass is 32.1. The highest BCUT2D eigenvalue weighted by Crippen LogP contribution is 2.14. The highest BCUT2D eigenvalue weighted by Gasteiger charge is 2.20. The predicted octanol–water partition coefficient (Wildman–Crippen LogP) is 1.30. The Labute approximate surface area is 159 Å². The number of amides is 2. The van der Waals surface area contributed by atoms with E-state index in [-0.39, 0.29) is 11.8 Å². The number of nitrogens with one attached hydrogen (secondary N) is 2. The average Bonchev–Trinajstić information content (AvgIpc) is 3.03. The van der Waals surface area contributed by atoms with Crippen molar-refractivity contribution in [3.05, 3.63) is 35.4 Å². The molecule has 142 valence electrons. The van der Waals surface area contributed by atoms with Crippen molar-refractivity contribution in [1.29, 1.82) is 0 Å². The molecule has 0 atom stereocenters. The van der Waals surface area contributed by atoms with Gasteiger partial charge in [0.15, 0.2) is 5.11 Å². The minimum atomic E-state index is -0.239. The van der Waals surface area contributed by atoms with Crippen molar-refractivity contribution >= 4 is 29.1 Å². The van der Waals surface area contributed by atoms with Gasteiger partial charge in [0.25, 0.3) is 5.91 Å². The van der Waals surface area contributed by atoms with E-state index in [2.05, 4.69) is 10.7 Å². The van der Waals surface area contributed by atoms with Crippen LogP contribution in [0.1, 0.15) is 35.2 Å². The van der Waals surface area contributed by atoms with Crippen molar-refractivity contribution in [2.45, 2.75) is 25.8 Å². The van der Waals surface area contributed by atoms with Crippen LogP contribution in [0.4, 0.5) is 0 Å². The number of carbonyl (C=O) groups excluding carboxylic acids is 2. The minimum absolute atomic E-state index is 0.194. The molecule has 7 nitrogen and oxygen atoms in total. The maximum Gasteiger partial charge on any atom is 0.269 e. The first-order valence-electron chi connectivity index (χ1n) is 8.69. The molecule has 1 saturated heterocycles. The van der Waals surface area contributed by atoms with E-state index in [0.29, 0.717) is 36.8 Å². The van der Waals surface area contributed by atoms with Crippen LogP contribution in [0.15, 0.2) is 24.3 Å². The van der Waals surface area contributed by atoms with E-state index < -0.39 is 0 Å². The van der Waals surface area contributed by atoms with E-state index >= 15 is 0 Å². The van der Waals surface area contributed by atoms with Gasteiger partial charge in [-0.2, -0.15) is 0 Å². The van der Waals surface area contributed by atoms with Crippen molar-refractivity contribution in [3.8, 4) is 0 Å². The van der Waals surface area contributed by atoms with Crippen LogP contribution in [-0.2, 0) is 16.1 Å². The van der Waals surface area contributed by atoms with Crippen molar-refractivity contribution in [2.75, 3.05) is 33.9 Å². The zero-order valence-electron chi connectivity index (χ0n) is 15.3. The third-order valence-electron chi connectivity index (χ3n) is 4.14. The molecule has 1 aromatic rings. The second-order valence-electron chi connectivity index (χ2n) is 6.19. The van der Waals surface area contributed by atoms with Gasteiger partial charge in [-0.1, -0.05) is 12.1 Å². The molecule has 2 amide bonds. The topological polar surface area (TPSA) is 73.9 Å². The van der Waals surface area contributed by atoms with Crippen molar-refractivity contribution in [3.63, 3.8) is 0 Å². The summed E-state index contributed by atoms with van der Waals surface area (Å²) in [5, 5.41) is 4.98. The fourth-order valence-electron chi connectivity index (χ4n) is 2.65. The third-order valence-corrected chi connectivity index (χ3v) is 4.55. The van der Waals surface area contributed by atoms with Crippen LogP contribution in [0, 0.1) is 0 Å². The quantitative estimate of drug-likeness (QED) is 0.423. The molecule has 0 bridgehead atoms.